The molecule has 26 heavy (non-hydrogen) atoms. The number of carboxylic acids is 1. The highest BCUT2D eigenvalue weighted by Gasteiger charge is 2.13. The van der Waals surface area contributed by atoms with Crippen molar-refractivity contribution in [3.8, 4) is 0 Å². The lowest BCUT2D eigenvalue weighted by Gasteiger charge is -2.11. The zero-order valence-electron chi connectivity index (χ0n) is 14.4. The Bertz CT molecular complexity index is 690. The largest absolute Gasteiger partial charge is 0.481 e. The minimum atomic E-state index is -3.51. The molecule has 0 spiro atoms. The lowest BCUT2D eigenvalue weighted by molar-refractivity contribution is -0.137. The first-order valence-electron chi connectivity index (χ1n) is 8.36. The van der Waals surface area contributed by atoms with Gasteiger partial charge in [-0.1, -0.05) is 24.6 Å². The van der Waals surface area contributed by atoms with Crippen LogP contribution in [-0.2, 0) is 24.4 Å². The Labute approximate surface area is 153 Å². The molecular formula is C17H24N2O6S. The van der Waals surface area contributed by atoms with Crippen LogP contribution in [0.25, 0.3) is 0 Å². The summed E-state index contributed by atoms with van der Waals surface area (Å²) in [7, 11) is -3.51. The number of carbonyl (C=O) groups excluding carboxylic acids is 2. The number of hydrogen-bond acceptors (Lipinski definition) is 5. The number of hydrogen-bond donors (Lipinski definition) is 3. The Balaban J connectivity index is 2.19. The minimum Gasteiger partial charge on any atom is -0.481 e. The number of nitrogens with one attached hydrogen (secondary N) is 2. The maximum absolute atomic E-state index is 12.0. The highest BCUT2D eigenvalue weighted by atomic mass is 32.2. The summed E-state index contributed by atoms with van der Waals surface area (Å²) >= 11 is 0. The lowest BCUT2D eigenvalue weighted by Crippen LogP contribution is -2.36. The van der Waals surface area contributed by atoms with E-state index in [0.717, 1.165) is 0 Å². The highest BCUT2D eigenvalue weighted by Crippen LogP contribution is 2.07. The number of aldehydes is 1. The van der Waals surface area contributed by atoms with Gasteiger partial charge in [0, 0.05) is 19.4 Å². The van der Waals surface area contributed by atoms with E-state index in [0.29, 0.717) is 25.5 Å². The topological polar surface area (TPSA) is 130 Å². The monoisotopic (exact) mass is 384 g/mol. The lowest BCUT2D eigenvalue weighted by atomic mass is 10.1. The van der Waals surface area contributed by atoms with E-state index in [1.54, 1.807) is 18.2 Å². The molecule has 0 unspecified atom stereocenters. The van der Waals surface area contributed by atoms with Gasteiger partial charge >= 0.3 is 5.97 Å². The van der Waals surface area contributed by atoms with E-state index in [4.69, 9.17) is 5.11 Å². The van der Waals surface area contributed by atoms with Gasteiger partial charge in [0.2, 0.25) is 15.9 Å². The summed E-state index contributed by atoms with van der Waals surface area (Å²) in [6.07, 6.45) is 2.36. The average Bonchev–Trinajstić information content (AvgIpc) is 2.62. The third-order valence-electron chi connectivity index (χ3n) is 3.61. The number of aliphatic carboxylic acids is 1. The SMILES string of the molecule is O=C[C@H](CCC(=O)O)NC(=O)CCCCCNS(=O)(=O)c1ccccc1. The molecule has 0 aliphatic carbocycles. The smallest absolute Gasteiger partial charge is 0.303 e. The van der Waals surface area contributed by atoms with Crippen molar-refractivity contribution in [3.05, 3.63) is 30.3 Å². The van der Waals surface area contributed by atoms with Crippen LogP contribution >= 0.6 is 0 Å². The number of benzene rings is 1. The average molecular weight is 384 g/mol. The maximum atomic E-state index is 12.0. The molecule has 0 fully saturated rings. The molecule has 1 aromatic rings. The summed E-state index contributed by atoms with van der Waals surface area (Å²) in [6.45, 7) is 0.272. The quantitative estimate of drug-likeness (QED) is 0.345. The van der Waals surface area contributed by atoms with Crippen LogP contribution in [0.3, 0.4) is 0 Å². The maximum Gasteiger partial charge on any atom is 0.303 e. The molecule has 0 radical (unpaired) electrons. The predicted octanol–water partition coefficient (Wildman–Crippen LogP) is 1.07. The van der Waals surface area contributed by atoms with E-state index in [2.05, 4.69) is 10.0 Å². The van der Waals surface area contributed by atoms with Crippen molar-refractivity contribution in [2.75, 3.05) is 6.54 Å². The highest BCUT2D eigenvalue weighted by molar-refractivity contribution is 7.89. The van der Waals surface area contributed by atoms with Gasteiger partial charge in [0.25, 0.3) is 0 Å². The molecule has 0 saturated heterocycles. The van der Waals surface area contributed by atoms with Crippen molar-refractivity contribution in [2.45, 2.75) is 49.5 Å². The second-order valence-electron chi connectivity index (χ2n) is 5.76. The summed E-state index contributed by atoms with van der Waals surface area (Å²) in [4.78, 5) is 33.2. The molecule has 0 aliphatic heterocycles. The van der Waals surface area contributed by atoms with Crippen LogP contribution in [0, 0.1) is 0 Å². The molecule has 144 valence electrons. The molecule has 3 N–H and O–H groups in total. The predicted molar refractivity (Wildman–Crippen MR) is 95.0 cm³/mol. The van der Waals surface area contributed by atoms with Crippen LogP contribution in [0.2, 0.25) is 0 Å². The zero-order valence-corrected chi connectivity index (χ0v) is 15.2. The molecule has 8 nitrogen and oxygen atoms in total. The fourth-order valence-electron chi connectivity index (χ4n) is 2.21. The first kappa shape index (κ1) is 21.8. The Morgan fingerprint density at radius 1 is 1.08 bits per heavy atom. The van der Waals surface area contributed by atoms with Gasteiger partial charge in [0.15, 0.2) is 0 Å². The molecule has 0 bridgehead atoms. The van der Waals surface area contributed by atoms with Crippen molar-refractivity contribution >= 4 is 28.2 Å². The first-order chi connectivity index (χ1) is 12.3. The Morgan fingerprint density at radius 3 is 2.38 bits per heavy atom. The van der Waals surface area contributed by atoms with Gasteiger partial charge in [0.05, 0.1) is 10.9 Å². The molecule has 9 heteroatoms. The standard InChI is InChI=1S/C17H24N2O6S/c20-13-14(10-11-17(22)23)19-16(21)9-5-2-6-12-18-26(24,25)15-7-3-1-4-8-15/h1,3-4,7-8,13-14,18H,2,5-6,9-12H2,(H,19,21)(H,22,23)/t14-/m0/s1. The zero-order chi connectivity index (χ0) is 19.4. The third-order valence-corrected chi connectivity index (χ3v) is 5.08. The van der Waals surface area contributed by atoms with Crippen molar-refractivity contribution in [1.29, 1.82) is 0 Å². The number of rotatable bonds is 13. The molecule has 0 heterocycles. The normalized spacial score (nSPS) is 12.3. The van der Waals surface area contributed by atoms with Crippen LogP contribution < -0.4 is 10.0 Å². The van der Waals surface area contributed by atoms with Crippen LogP contribution in [0.15, 0.2) is 35.2 Å². The molecule has 1 aromatic carbocycles. The van der Waals surface area contributed by atoms with Crippen molar-refractivity contribution in [2.24, 2.45) is 0 Å². The van der Waals surface area contributed by atoms with E-state index in [1.807, 2.05) is 0 Å². The number of carbonyl (C=O) groups is 3. The molecule has 1 atom stereocenters. The second kappa shape index (κ2) is 11.4. The molecule has 1 amide bonds. The molecular weight excluding hydrogens is 360 g/mol. The Hall–Kier alpha value is -2.26. The van der Waals surface area contributed by atoms with E-state index in [1.165, 1.54) is 12.1 Å². The number of carboxylic acid groups (broad SMARTS) is 1. The van der Waals surface area contributed by atoms with Crippen molar-refractivity contribution < 1.29 is 27.9 Å². The summed E-state index contributed by atoms with van der Waals surface area (Å²) in [6, 6.07) is 7.27. The van der Waals surface area contributed by atoms with Crippen molar-refractivity contribution in [1.82, 2.24) is 10.0 Å². The van der Waals surface area contributed by atoms with Gasteiger partial charge in [0.1, 0.15) is 6.29 Å². The van der Waals surface area contributed by atoms with Crippen molar-refractivity contribution in [3.63, 3.8) is 0 Å². The fourth-order valence-corrected chi connectivity index (χ4v) is 3.30. The number of amides is 1. The minimum absolute atomic E-state index is 0.0613. The fraction of sp³-hybridized carbons (Fsp3) is 0.471. The van der Waals surface area contributed by atoms with Gasteiger partial charge in [-0.3, -0.25) is 9.59 Å². The first-order valence-corrected chi connectivity index (χ1v) is 9.84. The molecule has 0 saturated carbocycles. The van der Waals surface area contributed by atoms with Gasteiger partial charge in [-0.25, -0.2) is 13.1 Å². The number of unbranched alkanes of at least 4 members (excludes halogenated alkanes) is 2. The van der Waals surface area contributed by atoms with Crippen LogP contribution in [0.1, 0.15) is 38.5 Å². The van der Waals surface area contributed by atoms with Gasteiger partial charge in [-0.05, 0) is 31.4 Å². The van der Waals surface area contributed by atoms with E-state index >= 15 is 0 Å². The summed E-state index contributed by atoms with van der Waals surface area (Å²) in [5, 5.41) is 11.0. The van der Waals surface area contributed by atoms with Crippen LogP contribution in [0.4, 0.5) is 0 Å². The van der Waals surface area contributed by atoms with E-state index < -0.39 is 22.0 Å². The Morgan fingerprint density at radius 2 is 1.77 bits per heavy atom. The second-order valence-corrected chi connectivity index (χ2v) is 7.53. The summed E-state index contributed by atoms with van der Waals surface area (Å²) in [5.74, 6) is -1.35. The molecule has 1 rings (SSSR count). The van der Waals surface area contributed by atoms with Crippen LogP contribution in [0.5, 0.6) is 0 Å². The van der Waals surface area contributed by atoms with Gasteiger partial charge < -0.3 is 15.2 Å². The van der Waals surface area contributed by atoms with Gasteiger partial charge in [-0.15, -0.1) is 0 Å². The van der Waals surface area contributed by atoms with E-state index in [-0.39, 0.29) is 36.6 Å². The van der Waals surface area contributed by atoms with Crippen LogP contribution in [-0.4, -0.2) is 44.3 Å². The Kier molecular flexibility index (Phi) is 9.53. The summed E-state index contributed by atoms with van der Waals surface area (Å²) in [5.41, 5.74) is 0. The molecule has 0 aromatic heterocycles. The van der Waals surface area contributed by atoms with E-state index in [9.17, 15) is 22.8 Å². The number of sulfonamides is 1. The third kappa shape index (κ3) is 8.72. The van der Waals surface area contributed by atoms with Gasteiger partial charge in [-0.2, -0.15) is 0 Å². The molecule has 0 aliphatic rings. The summed E-state index contributed by atoms with van der Waals surface area (Å²) < 4.78 is 26.5.